The largest absolute Gasteiger partial charge is 0.445 e. The molecule has 0 heterocycles. The second-order valence-electron chi connectivity index (χ2n) is 7.00. The van der Waals surface area contributed by atoms with Gasteiger partial charge in [-0.25, -0.2) is 4.79 Å². The first-order valence-corrected chi connectivity index (χ1v) is 8.08. The van der Waals surface area contributed by atoms with Gasteiger partial charge in [-0.15, -0.1) is 0 Å². The highest BCUT2D eigenvalue weighted by molar-refractivity contribution is 5.67. The molecule has 0 radical (unpaired) electrons. The number of carbonyl (C=O) groups is 1. The molecule has 0 bridgehead atoms. The zero-order chi connectivity index (χ0) is 16.0. The van der Waals surface area contributed by atoms with Gasteiger partial charge >= 0.3 is 6.09 Å². The Hall–Kier alpha value is -1.55. The molecule has 1 aromatic carbocycles. The van der Waals surface area contributed by atoms with Crippen molar-refractivity contribution in [2.75, 3.05) is 6.61 Å². The highest BCUT2D eigenvalue weighted by Gasteiger charge is 2.32. The lowest BCUT2D eigenvalue weighted by Crippen LogP contribution is -2.44. The fourth-order valence-electron chi connectivity index (χ4n) is 3.05. The van der Waals surface area contributed by atoms with Gasteiger partial charge in [-0.05, 0) is 42.6 Å². The van der Waals surface area contributed by atoms with Gasteiger partial charge in [-0.3, -0.25) is 0 Å². The van der Waals surface area contributed by atoms with E-state index in [-0.39, 0.29) is 19.3 Å². The molecule has 1 amide bonds. The molecule has 0 spiro atoms. The molecular weight excluding hydrogens is 278 g/mol. The summed E-state index contributed by atoms with van der Waals surface area (Å²) < 4.78 is 5.23. The van der Waals surface area contributed by atoms with Gasteiger partial charge < -0.3 is 15.2 Å². The quantitative estimate of drug-likeness (QED) is 0.875. The number of rotatable bonds is 5. The van der Waals surface area contributed by atoms with Gasteiger partial charge in [0.1, 0.15) is 6.61 Å². The summed E-state index contributed by atoms with van der Waals surface area (Å²) in [6.07, 6.45) is 3.89. The van der Waals surface area contributed by atoms with E-state index in [4.69, 9.17) is 4.74 Å². The predicted octanol–water partition coefficient (Wildman–Crippen LogP) is 3.49. The van der Waals surface area contributed by atoms with Gasteiger partial charge in [0.05, 0.1) is 12.6 Å². The first kappa shape index (κ1) is 16.8. The van der Waals surface area contributed by atoms with Crippen LogP contribution in [-0.2, 0) is 11.3 Å². The normalized spacial score (nSPS) is 19.4. The first-order chi connectivity index (χ1) is 10.5. The molecule has 2 N–H and O–H groups in total. The smallest absolute Gasteiger partial charge is 0.407 e. The van der Waals surface area contributed by atoms with E-state index in [1.165, 1.54) is 0 Å². The molecule has 4 nitrogen and oxygen atoms in total. The predicted molar refractivity (Wildman–Crippen MR) is 86.4 cm³/mol. The second-order valence-corrected chi connectivity index (χ2v) is 7.00. The van der Waals surface area contributed by atoms with Crippen LogP contribution in [0.25, 0.3) is 0 Å². The summed E-state index contributed by atoms with van der Waals surface area (Å²) in [6, 6.07) is 9.38. The van der Waals surface area contributed by atoms with Gasteiger partial charge in [0.2, 0.25) is 0 Å². The number of alkyl carbamates (subject to hydrolysis) is 1. The monoisotopic (exact) mass is 305 g/mol. The lowest BCUT2D eigenvalue weighted by molar-refractivity contribution is 0.101. The number of aliphatic hydroxyl groups excluding tert-OH is 1. The maximum atomic E-state index is 11.9. The van der Waals surface area contributed by atoms with Gasteiger partial charge in [0.25, 0.3) is 0 Å². The van der Waals surface area contributed by atoms with E-state index in [0.717, 1.165) is 31.2 Å². The summed E-state index contributed by atoms with van der Waals surface area (Å²) in [5.74, 6) is 0.335. The lowest BCUT2D eigenvalue weighted by atomic mass is 9.71. The number of hydrogen-bond donors (Lipinski definition) is 2. The van der Waals surface area contributed by atoms with Crippen molar-refractivity contribution in [3.05, 3.63) is 35.9 Å². The molecule has 1 aliphatic rings. The van der Waals surface area contributed by atoms with Crippen molar-refractivity contribution >= 4 is 6.09 Å². The number of aliphatic hydroxyl groups is 1. The third-order valence-electron chi connectivity index (χ3n) is 4.67. The van der Waals surface area contributed by atoms with Crippen LogP contribution in [0.3, 0.4) is 0 Å². The fraction of sp³-hybridized carbons (Fsp3) is 0.611. The molecular formula is C18H27NO3. The molecule has 22 heavy (non-hydrogen) atoms. The van der Waals surface area contributed by atoms with E-state index in [1.807, 2.05) is 30.3 Å². The molecule has 122 valence electrons. The number of carbonyl (C=O) groups excluding carboxylic acids is 1. The summed E-state index contributed by atoms with van der Waals surface area (Å²) in [7, 11) is 0. The van der Waals surface area contributed by atoms with Crippen LogP contribution in [0.4, 0.5) is 4.79 Å². The number of amides is 1. The van der Waals surface area contributed by atoms with Crippen molar-refractivity contribution in [1.29, 1.82) is 0 Å². The molecule has 2 rings (SSSR count). The maximum absolute atomic E-state index is 11.9. The third-order valence-corrected chi connectivity index (χ3v) is 4.67. The molecule has 0 aliphatic heterocycles. The van der Waals surface area contributed by atoms with Gasteiger partial charge in [-0.1, -0.05) is 44.2 Å². The Bertz CT molecular complexity index is 462. The van der Waals surface area contributed by atoms with Gasteiger partial charge in [0, 0.05) is 0 Å². The Balaban J connectivity index is 1.78. The van der Waals surface area contributed by atoms with Crippen LogP contribution in [0.5, 0.6) is 0 Å². The van der Waals surface area contributed by atoms with Crippen LogP contribution < -0.4 is 5.32 Å². The van der Waals surface area contributed by atoms with Crippen LogP contribution >= 0.6 is 0 Å². The Kier molecular flexibility index (Phi) is 5.83. The molecule has 0 saturated heterocycles. The molecule has 1 saturated carbocycles. The molecule has 1 unspecified atom stereocenters. The number of hydrogen-bond acceptors (Lipinski definition) is 3. The minimum Gasteiger partial charge on any atom is -0.445 e. The zero-order valence-corrected chi connectivity index (χ0v) is 13.5. The van der Waals surface area contributed by atoms with E-state index in [9.17, 15) is 9.90 Å². The molecule has 0 aromatic heterocycles. The van der Waals surface area contributed by atoms with E-state index >= 15 is 0 Å². The lowest BCUT2D eigenvalue weighted by Gasteiger charge is -2.37. The number of ether oxygens (including phenoxy) is 1. The van der Waals surface area contributed by atoms with E-state index < -0.39 is 6.09 Å². The summed E-state index contributed by atoms with van der Waals surface area (Å²) in [5, 5.41) is 12.4. The van der Waals surface area contributed by atoms with Crippen molar-refractivity contribution in [2.45, 2.75) is 52.2 Å². The highest BCUT2D eigenvalue weighted by Crippen LogP contribution is 2.39. The zero-order valence-electron chi connectivity index (χ0n) is 13.5. The van der Waals surface area contributed by atoms with Crippen LogP contribution in [-0.4, -0.2) is 23.8 Å². The van der Waals surface area contributed by atoms with E-state index in [0.29, 0.717) is 11.3 Å². The van der Waals surface area contributed by atoms with Crippen LogP contribution in [0, 0.1) is 11.3 Å². The van der Waals surface area contributed by atoms with Crippen molar-refractivity contribution in [3.63, 3.8) is 0 Å². The summed E-state index contributed by atoms with van der Waals surface area (Å²) in [5.41, 5.74) is 1.34. The van der Waals surface area contributed by atoms with Crippen molar-refractivity contribution in [3.8, 4) is 0 Å². The molecule has 4 heteroatoms. The average Bonchev–Trinajstić information content (AvgIpc) is 2.52. The topological polar surface area (TPSA) is 58.6 Å². The van der Waals surface area contributed by atoms with Gasteiger partial charge in [0.15, 0.2) is 0 Å². The molecule has 1 atom stereocenters. The van der Waals surface area contributed by atoms with E-state index in [2.05, 4.69) is 19.2 Å². The van der Waals surface area contributed by atoms with Crippen molar-refractivity contribution in [2.24, 2.45) is 11.3 Å². The Morgan fingerprint density at radius 3 is 2.55 bits per heavy atom. The first-order valence-electron chi connectivity index (χ1n) is 8.08. The van der Waals surface area contributed by atoms with Crippen LogP contribution in [0.2, 0.25) is 0 Å². The minimum atomic E-state index is -0.451. The standard InChI is InChI=1S/C18H27NO3/c1-18(2)10-8-15(9-11-18)16(12-20)19-17(21)22-13-14-6-4-3-5-7-14/h3-7,15-16,20H,8-13H2,1-2H3,(H,19,21). The average molecular weight is 305 g/mol. The molecule has 1 fully saturated rings. The highest BCUT2D eigenvalue weighted by atomic mass is 16.5. The van der Waals surface area contributed by atoms with E-state index in [1.54, 1.807) is 0 Å². The minimum absolute atomic E-state index is 0.0362. The second kappa shape index (κ2) is 7.63. The Morgan fingerprint density at radius 1 is 1.32 bits per heavy atom. The summed E-state index contributed by atoms with van der Waals surface area (Å²) in [4.78, 5) is 11.9. The number of nitrogens with one attached hydrogen (secondary N) is 1. The Labute approximate surface area is 132 Å². The molecule has 1 aliphatic carbocycles. The van der Waals surface area contributed by atoms with Crippen molar-refractivity contribution < 1.29 is 14.6 Å². The van der Waals surface area contributed by atoms with Gasteiger partial charge in [-0.2, -0.15) is 0 Å². The third kappa shape index (κ3) is 5.02. The fourth-order valence-corrected chi connectivity index (χ4v) is 3.05. The van der Waals surface area contributed by atoms with Crippen LogP contribution in [0.1, 0.15) is 45.1 Å². The van der Waals surface area contributed by atoms with Crippen LogP contribution in [0.15, 0.2) is 30.3 Å². The molecule has 1 aromatic rings. The SMILES string of the molecule is CC1(C)CCC(C(CO)NC(=O)OCc2ccccc2)CC1. The summed E-state index contributed by atoms with van der Waals surface area (Å²) in [6.45, 7) is 4.77. The summed E-state index contributed by atoms with van der Waals surface area (Å²) >= 11 is 0. The Morgan fingerprint density at radius 2 is 1.95 bits per heavy atom. The van der Waals surface area contributed by atoms with Crippen molar-refractivity contribution in [1.82, 2.24) is 5.32 Å². The maximum Gasteiger partial charge on any atom is 0.407 e. The number of benzene rings is 1.